The molecule has 0 bridgehead atoms. The van der Waals surface area contributed by atoms with Gasteiger partial charge in [0.1, 0.15) is 4.75 Å². The molecule has 1 aromatic rings. The van der Waals surface area contributed by atoms with E-state index < -0.39 is 14.6 Å². The molecule has 0 N–H and O–H groups in total. The normalized spacial score (nSPS) is 18.1. The van der Waals surface area contributed by atoms with Crippen LogP contribution in [-0.2, 0) is 14.6 Å². The van der Waals surface area contributed by atoms with E-state index in [0.29, 0.717) is 12.8 Å². The van der Waals surface area contributed by atoms with Crippen LogP contribution in [0.2, 0.25) is 0 Å². The summed E-state index contributed by atoms with van der Waals surface area (Å²) in [5.74, 6) is -0.391. The van der Waals surface area contributed by atoms with Crippen LogP contribution in [0.3, 0.4) is 0 Å². The molecule has 0 radical (unpaired) electrons. The van der Waals surface area contributed by atoms with Gasteiger partial charge in [0.15, 0.2) is 15.6 Å². The van der Waals surface area contributed by atoms with Crippen molar-refractivity contribution in [3.8, 4) is 0 Å². The summed E-state index contributed by atoms with van der Waals surface area (Å²) in [6.45, 7) is 3.51. The number of hydrogen-bond donors (Lipinski definition) is 0. The van der Waals surface area contributed by atoms with Gasteiger partial charge in [-0.2, -0.15) is 0 Å². The molecule has 0 spiro atoms. The maximum absolute atomic E-state index is 12.4. The third kappa shape index (κ3) is 1.80. The third-order valence-electron chi connectivity index (χ3n) is 3.25. The number of benzene rings is 1. The average molecular weight is 252 g/mol. The second-order valence-corrected chi connectivity index (χ2v) is 7.09. The topological polar surface area (TPSA) is 51.2 Å². The number of sulfone groups is 1. The Hall–Kier alpha value is -1.16. The van der Waals surface area contributed by atoms with Gasteiger partial charge in [0.25, 0.3) is 0 Å². The molecule has 1 aliphatic rings. The third-order valence-corrected chi connectivity index (χ3v) is 5.78. The lowest BCUT2D eigenvalue weighted by Crippen LogP contribution is -2.35. The first-order valence-electron chi connectivity index (χ1n) is 5.76. The molecule has 0 amide bonds. The fraction of sp³-hybridized carbons (Fsp3) is 0.462. The number of ketones is 1. The standard InChI is InChI=1S/C13H16O3S/c1-10(2)12(14)13(8-9-13)17(15,16)11-6-4-3-5-7-11/h3-7,10H,8-9H2,1-2H3. The van der Waals surface area contributed by atoms with Crippen LogP contribution in [0.4, 0.5) is 0 Å². The van der Waals surface area contributed by atoms with Crippen LogP contribution in [0.25, 0.3) is 0 Å². The van der Waals surface area contributed by atoms with E-state index >= 15 is 0 Å². The number of Topliss-reactive ketones (excluding diaryl/α,β-unsaturated/α-hetero) is 1. The smallest absolute Gasteiger partial charge is 0.191 e. The Kier molecular flexibility index (Phi) is 2.86. The van der Waals surface area contributed by atoms with E-state index in [1.165, 1.54) is 0 Å². The second kappa shape index (κ2) is 3.95. The molecule has 2 rings (SSSR count). The molecule has 92 valence electrons. The van der Waals surface area contributed by atoms with Crippen LogP contribution in [0.1, 0.15) is 26.7 Å². The van der Waals surface area contributed by atoms with Crippen molar-refractivity contribution in [3.05, 3.63) is 30.3 Å². The van der Waals surface area contributed by atoms with Crippen molar-refractivity contribution in [3.63, 3.8) is 0 Å². The summed E-state index contributed by atoms with van der Waals surface area (Å²) < 4.78 is 23.7. The fourth-order valence-electron chi connectivity index (χ4n) is 2.11. The van der Waals surface area contributed by atoms with Crippen molar-refractivity contribution < 1.29 is 13.2 Å². The lowest BCUT2D eigenvalue weighted by atomic mass is 10.1. The van der Waals surface area contributed by atoms with Gasteiger partial charge in [-0.15, -0.1) is 0 Å². The van der Waals surface area contributed by atoms with Gasteiger partial charge in [0.2, 0.25) is 0 Å². The summed E-state index contributed by atoms with van der Waals surface area (Å²) in [5, 5.41) is 0. The monoisotopic (exact) mass is 252 g/mol. The highest BCUT2D eigenvalue weighted by Gasteiger charge is 2.60. The maximum Gasteiger partial charge on any atom is 0.191 e. The van der Waals surface area contributed by atoms with Crippen molar-refractivity contribution in [1.82, 2.24) is 0 Å². The Labute approximate surface area is 102 Å². The summed E-state index contributed by atoms with van der Waals surface area (Å²) in [4.78, 5) is 12.3. The molecule has 1 aromatic carbocycles. The molecule has 0 heterocycles. The molecule has 0 aromatic heterocycles. The van der Waals surface area contributed by atoms with E-state index in [-0.39, 0.29) is 16.6 Å². The highest BCUT2D eigenvalue weighted by Crippen LogP contribution is 2.48. The number of hydrogen-bond acceptors (Lipinski definition) is 3. The molecule has 17 heavy (non-hydrogen) atoms. The molecule has 0 saturated heterocycles. The fourth-order valence-corrected chi connectivity index (χ4v) is 4.22. The van der Waals surface area contributed by atoms with Gasteiger partial charge in [-0.05, 0) is 25.0 Å². The molecule has 3 nitrogen and oxygen atoms in total. The number of rotatable bonds is 4. The Morgan fingerprint density at radius 3 is 2.12 bits per heavy atom. The predicted octanol–water partition coefficient (Wildman–Crippen LogP) is 2.22. The lowest BCUT2D eigenvalue weighted by Gasteiger charge is -2.17. The summed E-state index contributed by atoms with van der Waals surface area (Å²) in [5.41, 5.74) is 0. The Balaban J connectivity index is 2.45. The van der Waals surface area contributed by atoms with Crippen LogP contribution in [0, 0.1) is 5.92 Å². The zero-order chi connectivity index (χ0) is 12.7. The van der Waals surface area contributed by atoms with Crippen molar-refractivity contribution in [2.45, 2.75) is 36.3 Å². The highest BCUT2D eigenvalue weighted by molar-refractivity contribution is 7.94. The molecular weight excluding hydrogens is 236 g/mol. The molecule has 1 saturated carbocycles. The van der Waals surface area contributed by atoms with Gasteiger partial charge >= 0.3 is 0 Å². The minimum atomic E-state index is -3.52. The zero-order valence-corrected chi connectivity index (χ0v) is 10.8. The predicted molar refractivity (Wildman–Crippen MR) is 65.4 cm³/mol. The Bertz CT molecular complexity index is 525. The van der Waals surface area contributed by atoms with Gasteiger partial charge in [-0.1, -0.05) is 32.0 Å². The van der Waals surface area contributed by atoms with Crippen molar-refractivity contribution in [2.24, 2.45) is 5.92 Å². The number of carbonyl (C=O) groups is 1. The van der Waals surface area contributed by atoms with Gasteiger partial charge in [-0.3, -0.25) is 4.79 Å². The first kappa shape index (κ1) is 12.3. The van der Waals surface area contributed by atoms with E-state index in [1.54, 1.807) is 44.2 Å². The van der Waals surface area contributed by atoms with Gasteiger partial charge in [0.05, 0.1) is 4.90 Å². The maximum atomic E-state index is 12.4. The molecule has 0 aliphatic heterocycles. The van der Waals surface area contributed by atoms with Gasteiger partial charge in [0, 0.05) is 5.92 Å². The molecule has 4 heteroatoms. The molecule has 1 aliphatic carbocycles. The largest absolute Gasteiger partial charge is 0.298 e. The highest BCUT2D eigenvalue weighted by atomic mass is 32.2. The van der Waals surface area contributed by atoms with E-state index in [4.69, 9.17) is 0 Å². The lowest BCUT2D eigenvalue weighted by molar-refractivity contribution is -0.122. The second-order valence-electron chi connectivity index (χ2n) is 4.83. The van der Waals surface area contributed by atoms with Crippen molar-refractivity contribution in [2.75, 3.05) is 0 Å². The summed E-state index contributed by atoms with van der Waals surface area (Å²) >= 11 is 0. The summed E-state index contributed by atoms with van der Waals surface area (Å²) in [7, 11) is -3.52. The van der Waals surface area contributed by atoms with Crippen molar-refractivity contribution >= 4 is 15.6 Å². The van der Waals surface area contributed by atoms with E-state index in [1.807, 2.05) is 0 Å². The quantitative estimate of drug-likeness (QED) is 0.825. The van der Waals surface area contributed by atoms with Crippen LogP contribution >= 0.6 is 0 Å². The molecule has 0 atom stereocenters. The summed E-state index contributed by atoms with van der Waals surface area (Å²) in [6.07, 6.45) is 0.919. The van der Waals surface area contributed by atoms with E-state index in [0.717, 1.165) is 0 Å². The molecule has 0 unspecified atom stereocenters. The van der Waals surface area contributed by atoms with Gasteiger partial charge in [-0.25, -0.2) is 8.42 Å². The number of carbonyl (C=O) groups excluding carboxylic acids is 1. The van der Waals surface area contributed by atoms with Crippen LogP contribution in [-0.4, -0.2) is 18.9 Å². The summed E-state index contributed by atoms with van der Waals surface area (Å²) in [6, 6.07) is 8.25. The average Bonchev–Trinajstić information content (AvgIpc) is 3.10. The minimum Gasteiger partial charge on any atom is -0.298 e. The van der Waals surface area contributed by atoms with Crippen LogP contribution in [0.15, 0.2) is 35.2 Å². The molecule has 1 fully saturated rings. The SMILES string of the molecule is CC(C)C(=O)C1(S(=O)(=O)c2ccccc2)CC1. The minimum absolute atomic E-state index is 0.152. The molecular formula is C13H16O3S. The first-order chi connectivity index (χ1) is 7.92. The Morgan fingerprint density at radius 1 is 1.18 bits per heavy atom. The Morgan fingerprint density at radius 2 is 1.71 bits per heavy atom. The van der Waals surface area contributed by atoms with Crippen molar-refractivity contribution in [1.29, 1.82) is 0 Å². The van der Waals surface area contributed by atoms with E-state index in [9.17, 15) is 13.2 Å². The first-order valence-corrected chi connectivity index (χ1v) is 7.24. The zero-order valence-electron chi connectivity index (χ0n) is 10.0. The van der Waals surface area contributed by atoms with Gasteiger partial charge < -0.3 is 0 Å². The van der Waals surface area contributed by atoms with E-state index in [2.05, 4.69) is 0 Å². The van der Waals surface area contributed by atoms with Crippen LogP contribution < -0.4 is 0 Å². The van der Waals surface area contributed by atoms with Crippen LogP contribution in [0.5, 0.6) is 0 Å².